The molecule has 2 rings (SSSR count). The molecule has 1 heterocycles. The number of hydrogen-bond acceptors (Lipinski definition) is 4. The molecule has 1 aliphatic carbocycles. The number of amides is 1. The third-order valence-corrected chi connectivity index (χ3v) is 3.03. The number of thiazole rings is 1. The average Bonchev–Trinajstić information content (AvgIpc) is 2.88. The van der Waals surface area contributed by atoms with Crippen LogP contribution < -0.4 is 10.6 Å². The zero-order valence-corrected chi connectivity index (χ0v) is 9.51. The van der Waals surface area contributed by atoms with Gasteiger partial charge in [0.05, 0.1) is 17.2 Å². The summed E-state index contributed by atoms with van der Waals surface area (Å²) in [5, 5.41) is 8.10. The molecule has 15 heavy (non-hydrogen) atoms. The zero-order valence-electron chi connectivity index (χ0n) is 8.69. The second-order valence-electron chi connectivity index (χ2n) is 3.87. The highest BCUT2D eigenvalue weighted by molar-refractivity contribution is 7.07. The number of carbonyl (C=O) groups is 1. The Morgan fingerprint density at radius 1 is 1.73 bits per heavy atom. The van der Waals surface area contributed by atoms with E-state index >= 15 is 0 Å². The van der Waals surface area contributed by atoms with Crippen LogP contribution in [0.1, 0.15) is 25.5 Å². The van der Waals surface area contributed by atoms with Crippen LogP contribution >= 0.6 is 11.3 Å². The smallest absolute Gasteiger partial charge is 0.237 e. The first-order chi connectivity index (χ1) is 7.25. The first-order valence-electron chi connectivity index (χ1n) is 5.16. The van der Waals surface area contributed by atoms with Crippen LogP contribution in [0.15, 0.2) is 10.9 Å². The van der Waals surface area contributed by atoms with Crippen molar-refractivity contribution in [2.45, 2.75) is 38.4 Å². The van der Waals surface area contributed by atoms with Crippen molar-refractivity contribution < 1.29 is 4.79 Å². The van der Waals surface area contributed by atoms with Crippen molar-refractivity contribution in [2.24, 2.45) is 0 Å². The molecule has 1 fully saturated rings. The molecule has 0 spiro atoms. The predicted octanol–water partition coefficient (Wildman–Crippen LogP) is 0.900. The molecule has 0 aliphatic heterocycles. The lowest BCUT2D eigenvalue weighted by Crippen LogP contribution is -2.42. The minimum atomic E-state index is -0.146. The first-order valence-corrected chi connectivity index (χ1v) is 6.11. The highest BCUT2D eigenvalue weighted by Crippen LogP contribution is 2.18. The van der Waals surface area contributed by atoms with E-state index in [2.05, 4.69) is 15.6 Å². The highest BCUT2D eigenvalue weighted by atomic mass is 32.1. The summed E-state index contributed by atoms with van der Waals surface area (Å²) in [5.74, 6) is 0.0905. The number of carbonyl (C=O) groups excluding carboxylic acids is 1. The monoisotopic (exact) mass is 225 g/mol. The Morgan fingerprint density at radius 3 is 3.13 bits per heavy atom. The molecule has 1 saturated carbocycles. The van der Waals surface area contributed by atoms with Crippen molar-refractivity contribution in [3.8, 4) is 0 Å². The minimum absolute atomic E-state index is 0.0905. The van der Waals surface area contributed by atoms with Crippen molar-refractivity contribution in [3.05, 3.63) is 16.6 Å². The van der Waals surface area contributed by atoms with E-state index < -0.39 is 0 Å². The van der Waals surface area contributed by atoms with E-state index in [0.717, 1.165) is 18.5 Å². The SMILES string of the molecule is CC(NCc1cscn1)C(=O)NC1CC1. The van der Waals surface area contributed by atoms with E-state index in [0.29, 0.717) is 12.6 Å². The molecule has 1 aliphatic rings. The molecule has 5 heteroatoms. The van der Waals surface area contributed by atoms with Gasteiger partial charge in [0.25, 0.3) is 0 Å². The second kappa shape index (κ2) is 4.72. The van der Waals surface area contributed by atoms with Gasteiger partial charge in [0.15, 0.2) is 0 Å². The summed E-state index contributed by atoms with van der Waals surface area (Å²) < 4.78 is 0. The Bertz CT molecular complexity index is 321. The summed E-state index contributed by atoms with van der Waals surface area (Å²) in [6, 6.07) is 0.285. The van der Waals surface area contributed by atoms with Gasteiger partial charge in [-0.15, -0.1) is 11.3 Å². The summed E-state index contributed by atoms with van der Waals surface area (Å²) in [6.07, 6.45) is 2.26. The fraction of sp³-hybridized carbons (Fsp3) is 0.600. The molecule has 1 aromatic rings. The second-order valence-corrected chi connectivity index (χ2v) is 4.58. The molecular weight excluding hydrogens is 210 g/mol. The molecule has 0 aromatic carbocycles. The Morgan fingerprint density at radius 2 is 2.53 bits per heavy atom. The number of nitrogens with one attached hydrogen (secondary N) is 2. The van der Waals surface area contributed by atoms with E-state index in [4.69, 9.17) is 0 Å². The number of nitrogens with zero attached hydrogens (tertiary/aromatic N) is 1. The maximum absolute atomic E-state index is 11.6. The Kier molecular flexibility index (Phi) is 3.33. The van der Waals surface area contributed by atoms with Crippen molar-refractivity contribution >= 4 is 17.2 Å². The fourth-order valence-corrected chi connectivity index (χ4v) is 1.79. The van der Waals surface area contributed by atoms with Crippen molar-refractivity contribution in [3.63, 3.8) is 0 Å². The van der Waals surface area contributed by atoms with E-state index in [-0.39, 0.29) is 11.9 Å². The third-order valence-electron chi connectivity index (χ3n) is 2.39. The van der Waals surface area contributed by atoms with Crippen molar-refractivity contribution in [1.82, 2.24) is 15.6 Å². The zero-order chi connectivity index (χ0) is 10.7. The lowest BCUT2D eigenvalue weighted by molar-refractivity contribution is -0.122. The molecule has 1 unspecified atom stereocenters. The summed E-state index contributed by atoms with van der Waals surface area (Å²) in [4.78, 5) is 15.7. The summed E-state index contributed by atoms with van der Waals surface area (Å²) in [7, 11) is 0. The van der Waals surface area contributed by atoms with Gasteiger partial charge in [0.2, 0.25) is 5.91 Å². The van der Waals surface area contributed by atoms with Gasteiger partial charge >= 0.3 is 0 Å². The maximum Gasteiger partial charge on any atom is 0.237 e. The molecule has 1 aromatic heterocycles. The number of aromatic nitrogens is 1. The summed E-state index contributed by atoms with van der Waals surface area (Å²) in [6.45, 7) is 2.53. The van der Waals surface area contributed by atoms with Gasteiger partial charge in [-0.25, -0.2) is 4.98 Å². The van der Waals surface area contributed by atoms with Crippen LogP contribution in [0.4, 0.5) is 0 Å². The quantitative estimate of drug-likeness (QED) is 0.783. The van der Waals surface area contributed by atoms with Gasteiger partial charge < -0.3 is 10.6 Å². The van der Waals surface area contributed by atoms with Gasteiger partial charge in [-0.3, -0.25) is 4.79 Å². The van der Waals surface area contributed by atoms with Crippen LogP contribution in [0.2, 0.25) is 0 Å². The first kappa shape index (κ1) is 10.6. The molecule has 4 nitrogen and oxygen atoms in total. The predicted molar refractivity (Wildman–Crippen MR) is 59.6 cm³/mol. The normalized spacial score (nSPS) is 17.4. The maximum atomic E-state index is 11.6. The van der Waals surface area contributed by atoms with Gasteiger partial charge in [0.1, 0.15) is 0 Å². The molecule has 0 bridgehead atoms. The molecule has 1 atom stereocenters. The molecule has 2 N–H and O–H groups in total. The molecule has 1 amide bonds. The van der Waals surface area contributed by atoms with Crippen LogP contribution in [0.25, 0.3) is 0 Å². The fourth-order valence-electron chi connectivity index (χ4n) is 1.23. The lowest BCUT2D eigenvalue weighted by atomic mass is 10.3. The number of hydrogen-bond donors (Lipinski definition) is 2. The Hall–Kier alpha value is -0.940. The summed E-state index contributed by atoms with van der Waals surface area (Å²) >= 11 is 1.57. The molecule has 0 radical (unpaired) electrons. The number of rotatable bonds is 5. The van der Waals surface area contributed by atoms with Crippen LogP contribution in [0, 0.1) is 0 Å². The van der Waals surface area contributed by atoms with E-state index in [9.17, 15) is 4.79 Å². The third kappa shape index (κ3) is 3.28. The van der Waals surface area contributed by atoms with Crippen molar-refractivity contribution in [1.29, 1.82) is 0 Å². The van der Waals surface area contributed by atoms with E-state index in [1.165, 1.54) is 0 Å². The summed E-state index contributed by atoms with van der Waals surface area (Å²) in [5.41, 5.74) is 2.79. The molecular formula is C10H15N3OS. The van der Waals surface area contributed by atoms with Crippen molar-refractivity contribution in [2.75, 3.05) is 0 Å². The highest BCUT2D eigenvalue weighted by Gasteiger charge is 2.25. The van der Waals surface area contributed by atoms with Crippen LogP contribution in [-0.4, -0.2) is 23.0 Å². The van der Waals surface area contributed by atoms with E-state index in [1.54, 1.807) is 16.8 Å². The molecule has 0 saturated heterocycles. The Labute approximate surface area is 93.1 Å². The average molecular weight is 225 g/mol. The van der Waals surface area contributed by atoms with Gasteiger partial charge in [0, 0.05) is 18.0 Å². The van der Waals surface area contributed by atoms with Crippen LogP contribution in [0.5, 0.6) is 0 Å². The van der Waals surface area contributed by atoms with Gasteiger partial charge in [-0.2, -0.15) is 0 Å². The van der Waals surface area contributed by atoms with E-state index in [1.807, 2.05) is 12.3 Å². The molecule has 82 valence electrons. The minimum Gasteiger partial charge on any atom is -0.352 e. The lowest BCUT2D eigenvalue weighted by Gasteiger charge is -2.12. The van der Waals surface area contributed by atoms with Gasteiger partial charge in [-0.05, 0) is 19.8 Å². The van der Waals surface area contributed by atoms with Gasteiger partial charge in [-0.1, -0.05) is 0 Å². The van der Waals surface area contributed by atoms with Crippen LogP contribution in [0.3, 0.4) is 0 Å². The standard InChI is InChI=1S/C10H15N3OS/c1-7(10(14)13-8-2-3-8)11-4-9-5-15-6-12-9/h5-8,11H,2-4H2,1H3,(H,13,14). The topological polar surface area (TPSA) is 54.0 Å². The Balaban J connectivity index is 1.71. The largest absolute Gasteiger partial charge is 0.352 e. The van der Waals surface area contributed by atoms with Crippen LogP contribution in [-0.2, 0) is 11.3 Å².